The molecule has 4 nitrogen and oxygen atoms in total. The molecule has 1 aromatic rings. The minimum Gasteiger partial charge on any atom is -0.323 e. The third kappa shape index (κ3) is 4.77. The molecule has 0 aromatic heterocycles. The first-order valence-corrected chi connectivity index (χ1v) is 8.72. The predicted molar refractivity (Wildman–Crippen MR) is 93.7 cm³/mol. The molecule has 1 heterocycles. The van der Waals surface area contributed by atoms with E-state index in [1.54, 1.807) is 0 Å². The Kier molecular flexibility index (Phi) is 6.22. The van der Waals surface area contributed by atoms with E-state index in [0.717, 1.165) is 39.7 Å². The molecule has 116 valence electrons. The van der Waals surface area contributed by atoms with Crippen molar-refractivity contribution in [3.8, 4) is 0 Å². The van der Waals surface area contributed by atoms with Gasteiger partial charge in [-0.05, 0) is 82.9 Å². The summed E-state index contributed by atoms with van der Waals surface area (Å²) < 4.78 is 1.79. The van der Waals surface area contributed by atoms with Crippen molar-refractivity contribution in [1.82, 2.24) is 10.2 Å². The molecule has 1 amide bonds. The molecule has 0 aliphatic carbocycles. The van der Waals surface area contributed by atoms with Gasteiger partial charge in [-0.3, -0.25) is 9.69 Å². The first-order valence-electron chi connectivity index (χ1n) is 7.14. The van der Waals surface area contributed by atoms with Crippen LogP contribution in [0.15, 0.2) is 21.1 Å². The van der Waals surface area contributed by atoms with Crippen molar-refractivity contribution in [3.63, 3.8) is 0 Å². The number of amides is 1. The average Bonchev–Trinajstić information content (AvgIpc) is 2.43. The van der Waals surface area contributed by atoms with Crippen LogP contribution in [0.2, 0.25) is 0 Å². The summed E-state index contributed by atoms with van der Waals surface area (Å²) in [6.07, 6.45) is 2.32. The number of anilines is 1. The monoisotopic (exact) mass is 417 g/mol. The van der Waals surface area contributed by atoms with Gasteiger partial charge in [-0.1, -0.05) is 0 Å². The second-order valence-corrected chi connectivity index (χ2v) is 7.28. The van der Waals surface area contributed by atoms with Crippen LogP contribution in [0.3, 0.4) is 0 Å². The van der Waals surface area contributed by atoms with Gasteiger partial charge < -0.3 is 10.6 Å². The Bertz CT molecular complexity index is 493. The van der Waals surface area contributed by atoms with Gasteiger partial charge >= 0.3 is 0 Å². The molecule has 2 N–H and O–H groups in total. The molecule has 1 fully saturated rings. The third-order valence-corrected chi connectivity index (χ3v) is 4.99. The Hall–Kier alpha value is -0.430. The van der Waals surface area contributed by atoms with Gasteiger partial charge in [0.05, 0.1) is 12.2 Å². The van der Waals surface area contributed by atoms with Crippen molar-refractivity contribution in [2.24, 2.45) is 0 Å². The number of rotatable bonds is 4. The summed E-state index contributed by atoms with van der Waals surface area (Å²) in [6, 6.07) is 4.43. The first-order chi connectivity index (χ1) is 9.97. The quantitative estimate of drug-likeness (QED) is 0.789. The van der Waals surface area contributed by atoms with E-state index in [2.05, 4.69) is 47.4 Å². The van der Waals surface area contributed by atoms with E-state index < -0.39 is 0 Å². The smallest absolute Gasteiger partial charge is 0.238 e. The molecular formula is C15H21Br2N3O. The molecule has 2 rings (SSSR count). The molecule has 1 aliphatic rings. The molecule has 0 spiro atoms. The van der Waals surface area contributed by atoms with Crippen molar-refractivity contribution < 1.29 is 4.79 Å². The van der Waals surface area contributed by atoms with Crippen LogP contribution in [0.25, 0.3) is 0 Å². The summed E-state index contributed by atoms with van der Waals surface area (Å²) in [5, 5.41) is 6.36. The van der Waals surface area contributed by atoms with Gasteiger partial charge in [-0.25, -0.2) is 0 Å². The molecule has 0 saturated carbocycles. The molecule has 21 heavy (non-hydrogen) atoms. The van der Waals surface area contributed by atoms with Gasteiger partial charge in [0, 0.05) is 21.5 Å². The number of benzene rings is 1. The minimum atomic E-state index is 0.00771. The van der Waals surface area contributed by atoms with Crippen molar-refractivity contribution in [3.05, 3.63) is 26.6 Å². The molecule has 6 heteroatoms. The van der Waals surface area contributed by atoms with Gasteiger partial charge in [0.15, 0.2) is 0 Å². The zero-order chi connectivity index (χ0) is 15.4. The normalized spacial score (nSPS) is 18.8. The van der Waals surface area contributed by atoms with E-state index in [1.807, 2.05) is 26.1 Å². The highest BCUT2D eigenvalue weighted by atomic mass is 79.9. The molecule has 1 saturated heterocycles. The Balaban J connectivity index is 1.95. The maximum atomic E-state index is 12.2. The van der Waals surface area contributed by atoms with Gasteiger partial charge in [0.25, 0.3) is 0 Å². The number of nitrogens with one attached hydrogen (secondary N) is 2. The van der Waals surface area contributed by atoms with Crippen molar-refractivity contribution in [2.75, 3.05) is 32.0 Å². The standard InChI is InChI=1S/C15H21Br2N3O/c1-10-6-12(16)15(13(17)7-10)19-14(21)9-20(2)11-4-3-5-18-8-11/h6-7,11,18H,3-5,8-9H2,1-2H3,(H,19,21). The Morgan fingerprint density at radius 1 is 1.43 bits per heavy atom. The van der Waals surface area contributed by atoms with E-state index in [-0.39, 0.29) is 5.91 Å². The number of carbonyl (C=O) groups is 1. The molecular weight excluding hydrogens is 398 g/mol. The maximum Gasteiger partial charge on any atom is 0.238 e. The first kappa shape index (κ1) is 16.9. The van der Waals surface area contributed by atoms with Crippen LogP contribution >= 0.6 is 31.9 Å². The maximum absolute atomic E-state index is 12.2. The molecule has 0 bridgehead atoms. The second kappa shape index (κ2) is 7.72. The van der Waals surface area contributed by atoms with E-state index in [4.69, 9.17) is 0 Å². The summed E-state index contributed by atoms with van der Waals surface area (Å²) in [5.74, 6) is 0.00771. The van der Waals surface area contributed by atoms with Gasteiger partial charge in [-0.15, -0.1) is 0 Å². The van der Waals surface area contributed by atoms with Crippen LogP contribution in [-0.4, -0.2) is 43.5 Å². The summed E-state index contributed by atoms with van der Waals surface area (Å²) in [7, 11) is 2.01. The fourth-order valence-corrected chi connectivity index (χ4v) is 4.18. The Morgan fingerprint density at radius 2 is 2.10 bits per heavy atom. The van der Waals surface area contributed by atoms with Crippen LogP contribution in [-0.2, 0) is 4.79 Å². The van der Waals surface area contributed by atoms with E-state index >= 15 is 0 Å². The van der Waals surface area contributed by atoms with Crippen LogP contribution in [0.1, 0.15) is 18.4 Å². The molecule has 1 aliphatic heterocycles. The number of nitrogens with zero attached hydrogens (tertiary/aromatic N) is 1. The topological polar surface area (TPSA) is 44.4 Å². The number of hydrogen-bond donors (Lipinski definition) is 2. The highest BCUT2D eigenvalue weighted by Crippen LogP contribution is 2.32. The third-order valence-electron chi connectivity index (χ3n) is 3.74. The highest BCUT2D eigenvalue weighted by Gasteiger charge is 2.20. The Morgan fingerprint density at radius 3 is 2.67 bits per heavy atom. The lowest BCUT2D eigenvalue weighted by molar-refractivity contribution is -0.117. The lowest BCUT2D eigenvalue weighted by Gasteiger charge is -2.31. The van der Waals surface area contributed by atoms with Gasteiger partial charge in [0.2, 0.25) is 5.91 Å². The fourth-order valence-electron chi connectivity index (χ4n) is 2.56. The number of likely N-dealkylation sites (N-methyl/N-ethyl adjacent to an activating group) is 1. The fraction of sp³-hybridized carbons (Fsp3) is 0.533. The summed E-state index contributed by atoms with van der Waals surface area (Å²) in [6.45, 7) is 4.46. The highest BCUT2D eigenvalue weighted by molar-refractivity contribution is 9.11. The van der Waals surface area contributed by atoms with Crippen molar-refractivity contribution >= 4 is 43.5 Å². The van der Waals surface area contributed by atoms with Crippen LogP contribution in [0.5, 0.6) is 0 Å². The summed E-state index contributed by atoms with van der Waals surface area (Å²) >= 11 is 7.00. The van der Waals surface area contributed by atoms with E-state index in [9.17, 15) is 4.79 Å². The molecule has 1 atom stereocenters. The Labute approximate surface area is 142 Å². The lowest BCUT2D eigenvalue weighted by Crippen LogP contribution is -2.46. The van der Waals surface area contributed by atoms with Crippen LogP contribution < -0.4 is 10.6 Å². The average molecular weight is 419 g/mol. The second-order valence-electron chi connectivity index (χ2n) is 5.57. The van der Waals surface area contributed by atoms with E-state index in [0.29, 0.717) is 12.6 Å². The van der Waals surface area contributed by atoms with E-state index in [1.165, 1.54) is 6.42 Å². The SMILES string of the molecule is Cc1cc(Br)c(NC(=O)CN(C)C2CCCNC2)c(Br)c1. The molecule has 1 unspecified atom stereocenters. The summed E-state index contributed by atoms with van der Waals surface area (Å²) in [4.78, 5) is 14.4. The van der Waals surface area contributed by atoms with Gasteiger partial charge in [-0.2, -0.15) is 0 Å². The number of carbonyl (C=O) groups excluding carboxylic acids is 1. The molecule has 1 aromatic carbocycles. The zero-order valence-electron chi connectivity index (χ0n) is 12.4. The largest absolute Gasteiger partial charge is 0.323 e. The lowest BCUT2D eigenvalue weighted by atomic mass is 10.1. The number of aryl methyl sites for hydroxylation is 1. The summed E-state index contributed by atoms with van der Waals surface area (Å²) in [5.41, 5.74) is 1.93. The van der Waals surface area contributed by atoms with Crippen LogP contribution in [0, 0.1) is 6.92 Å². The van der Waals surface area contributed by atoms with Crippen LogP contribution in [0.4, 0.5) is 5.69 Å². The van der Waals surface area contributed by atoms with Gasteiger partial charge in [0.1, 0.15) is 0 Å². The minimum absolute atomic E-state index is 0.00771. The zero-order valence-corrected chi connectivity index (χ0v) is 15.6. The van der Waals surface area contributed by atoms with Crippen molar-refractivity contribution in [1.29, 1.82) is 0 Å². The van der Waals surface area contributed by atoms with Crippen molar-refractivity contribution in [2.45, 2.75) is 25.8 Å². The molecule has 0 radical (unpaired) electrons. The number of hydrogen-bond acceptors (Lipinski definition) is 3. The number of piperidine rings is 1. The predicted octanol–water partition coefficient (Wildman–Crippen LogP) is 3.14. The number of halogens is 2.